The third-order valence-corrected chi connectivity index (χ3v) is 2.39. The second kappa shape index (κ2) is 3.53. The van der Waals surface area contributed by atoms with Crippen LogP contribution in [0.15, 0.2) is 12.1 Å². The van der Waals surface area contributed by atoms with E-state index in [1.165, 1.54) is 6.07 Å². The van der Waals surface area contributed by atoms with Gasteiger partial charge >= 0.3 is 0 Å². The van der Waals surface area contributed by atoms with Gasteiger partial charge in [0.05, 0.1) is 4.92 Å². The molecule has 0 atom stereocenters. The number of hydrogen-bond donors (Lipinski definition) is 1. The van der Waals surface area contributed by atoms with Gasteiger partial charge in [0, 0.05) is 17.3 Å². The Morgan fingerprint density at radius 3 is 2.27 bits per heavy atom. The summed E-state index contributed by atoms with van der Waals surface area (Å²) in [6.07, 6.45) is 0. The summed E-state index contributed by atoms with van der Waals surface area (Å²) < 4.78 is 0. The number of nitro benzene ring substituents is 1. The van der Waals surface area contributed by atoms with Crippen LogP contribution in [0.1, 0.15) is 31.9 Å². The van der Waals surface area contributed by atoms with E-state index < -0.39 is 0 Å². The van der Waals surface area contributed by atoms with Crippen molar-refractivity contribution in [1.82, 2.24) is 0 Å². The first-order valence-corrected chi connectivity index (χ1v) is 4.78. The van der Waals surface area contributed by atoms with Crippen molar-refractivity contribution >= 4 is 11.4 Å². The highest BCUT2D eigenvalue weighted by molar-refractivity contribution is 5.59. The van der Waals surface area contributed by atoms with Gasteiger partial charge in [0.15, 0.2) is 0 Å². The fourth-order valence-electron chi connectivity index (χ4n) is 1.46. The largest absolute Gasteiger partial charge is 0.398 e. The highest BCUT2D eigenvalue weighted by atomic mass is 16.6. The summed E-state index contributed by atoms with van der Waals surface area (Å²) in [7, 11) is 0. The Bertz CT molecular complexity index is 406. The predicted molar refractivity (Wildman–Crippen MR) is 60.9 cm³/mol. The molecule has 0 saturated carbocycles. The van der Waals surface area contributed by atoms with Gasteiger partial charge in [-0.05, 0) is 24.0 Å². The average Bonchev–Trinajstić information content (AvgIpc) is 2.06. The summed E-state index contributed by atoms with van der Waals surface area (Å²) in [5, 5.41) is 10.9. The van der Waals surface area contributed by atoms with Gasteiger partial charge in [-0.2, -0.15) is 0 Å². The van der Waals surface area contributed by atoms with Crippen LogP contribution in [-0.2, 0) is 5.41 Å². The highest BCUT2D eigenvalue weighted by Gasteiger charge is 2.25. The number of benzene rings is 1. The average molecular weight is 208 g/mol. The standard InChI is InChI=1S/C11H16N2O2/c1-7-5-8(11(2,3)4)10(13(14)15)6-9(7)12/h5-6H,12H2,1-4H3. The molecule has 2 N–H and O–H groups in total. The summed E-state index contributed by atoms with van der Waals surface area (Å²) >= 11 is 0. The molecule has 0 aliphatic heterocycles. The normalized spacial score (nSPS) is 11.5. The molecule has 0 aromatic heterocycles. The fourth-order valence-corrected chi connectivity index (χ4v) is 1.46. The Hall–Kier alpha value is -1.58. The Labute approximate surface area is 89.2 Å². The molecule has 0 amide bonds. The number of aryl methyl sites for hydroxylation is 1. The minimum atomic E-state index is -0.379. The molecule has 1 aromatic rings. The molecule has 0 radical (unpaired) electrons. The molecule has 0 aliphatic rings. The number of nitrogen functional groups attached to an aromatic ring is 1. The molecule has 0 unspecified atom stereocenters. The van der Waals surface area contributed by atoms with Crippen LogP contribution in [0.5, 0.6) is 0 Å². The third kappa shape index (κ3) is 2.26. The minimum Gasteiger partial charge on any atom is -0.398 e. The Balaban J connectivity index is 3.49. The maximum absolute atomic E-state index is 10.9. The molecule has 0 saturated heterocycles. The van der Waals surface area contributed by atoms with Crippen LogP contribution in [0.4, 0.5) is 11.4 Å². The monoisotopic (exact) mass is 208 g/mol. The van der Waals surface area contributed by atoms with Gasteiger partial charge in [-0.15, -0.1) is 0 Å². The molecule has 0 aliphatic carbocycles. The molecule has 1 rings (SSSR count). The van der Waals surface area contributed by atoms with E-state index in [2.05, 4.69) is 0 Å². The van der Waals surface area contributed by atoms with Crippen molar-refractivity contribution < 1.29 is 4.92 Å². The topological polar surface area (TPSA) is 69.2 Å². The van der Waals surface area contributed by atoms with Crippen molar-refractivity contribution in [3.05, 3.63) is 33.4 Å². The second-order valence-electron chi connectivity index (χ2n) is 4.73. The molecule has 1 aromatic carbocycles. The van der Waals surface area contributed by atoms with Gasteiger partial charge in [-0.1, -0.05) is 20.8 Å². The number of nitro groups is 1. The fraction of sp³-hybridized carbons (Fsp3) is 0.455. The van der Waals surface area contributed by atoms with E-state index in [9.17, 15) is 10.1 Å². The number of rotatable bonds is 1. The lowest BCUT2D eigenvalue weighted by Crippen LogP contribution is -2.14. The molecule has 0 fully saturated rings. The van der Waals surface area contributed by atoms with Crippen LogP contribution in [0.2, 0.25) is 0 Å². The van der Waals surface area contributed by atoms with Crippen LogP contribution >= 0.6 is 0 Å². The van der Waals surface area contributed by atoms with Gasteiger partial charge < -0.3 is 5.73 Å². The van der Waals surface area contributed by atoms with Crippen LogP contribution in [0.25, 0.3) is 0 Å². The number of hydrogen-bond acceptors (Lipinski definition) is 3. The highest BCUT2D eigenvalue weighted by Crippen LogP contribution is 2.34. The number of anilines is 1. The summed E-state index contributed by atoms with van der Waals surface area (Å²) in [5.41, 5.74) is 7.59. The Kier molecular flexibility index (Phi) is 2.71. The van der Waals surface area contributed by atoms with E-state index in [-0.39, 0.29) is 16.0 Å². The van der Waals surface area contributed by atoms with Gasteiger partial charge in [-0.3, -0.25) is 10.1 Å². The van der Waals surface area contributed by atoms with Crippen molar-refractivity contribution in [2.24, 2.45) is 0 Å². The second-order valence-corrected chi connectivity index (χ2v) is 4.73. The summed E-state index contributed by atoms with van der Waals surface area (Å²) in [6.45, 7) is 7.70. The SMILES string of the molecule is Cc1cc(C(C)(C)C)c([N+](=O)[O-])cc1N. The molecular weight excluding hydrogens is 192 g/mol. The molecule has 15 heavy (non-hydrogen) atoms. The van der Waals surface area contributed by atoms with Gasteiger partial charge in [-0.25, -0.2) is 0 Å². The summed E-state index contributed by atoms with van der Waals surface area (Å²) in [4.78, 5) is 10.5. The van der Waals surface area contributed by atoms with Crippen molar-refractivity contribution in [2.45, 2.75) is 33.1 Å². The molecule has 82 valence electrons. The smallest absolute Gasteiger partial charge is 0.275 e. The van der Waals surface area contributed by atoms with Crippen molar-refractivity contribution in [1.29, 1.82) is 0 Å². The summed E-state index contributed by atoms with van der Waals surface area (Å²) in [5.74, 6) is 0. The lowest BCUT2D eigenvalue weighted by molar-refractivity contribution is -0.385. The van der Waals surface area contributed by atoms with Crippen LogP contribution in [-0.4, -0.2) is 4.92 Å². The van der Waals surface area contributed by atoms with E-state index >= 15 is 0 Å². The van der Waals surface area contributed by atoms with E-state index in [1.807, 2.05) is 27.7 Å². The Morgan fingerprint density at radius 2 is 1.87 bits per heavy atom. The zero-order valence-corrected chi connectivity index (χ0v) is 9.50. The van der Waals surface area contributed by atoms with Gasteiger partial charge in [0.2, 0.25) is 0 Å². The van der Waals surface area contributed by atoms with E-state index in [0.29, 0.717) is 5.69 Å². The first-order valence-electron chi connectivity index (χ1n) is 4.78. The number of nitrogens with two attached hydrogens (primary N) is 1. The molecule has 0 bridgehead atoms. The maximum atomic E-state index is 10.9. The first-order chi connectivity index (χ1) is 6.73. The summed E-state index contributed by atoms with van der Waals surface area (Å²) in [6, 6.07) is 3.24. The molecule has 4 nitrogen and oxygen atoms in total. The Morgan fingerprint density at radius 1 is 1.33 bits per heavy atom. The first kappa shape index (κ1) is 11.5. The lowest BCUT2D eigenvalue weighted by Gasteiger charge is -2.19. The van der Waals surface area contributed by atoms with E-state index in [0.717, 1.165) is 11.1 Å². The third-order valence-electron chi connectivity index (χ3n) is 2.39. The van der Waals surface area contributed by atoms with E-state index in [4.69, 9.17) is 5.73 Å². The molecular formula is C11H16N2O2. The van der Waals surface area contributed by atoms with Gasteiger partial charge in [0.1, 0.15) is 0 Å². The number of nitrogens with zero attached hydrogens (tertiary/aromatic N) is 1. The maximum Gasteiger partial charge on any atom is 0.275 e. The predicted octanol–water partition coefficient (Wildman–Crippen LogP) is 2.78. The van der Waals surface area contributed by atoms with E-state index in [1.54, 1.807) is 6.07 Å². The van der Waals surface area contributed by atoms with Crippen molar-refractivity contribution in [2.75, 3.05) is 5.73 Å². The lowest BCUT2D eigenvalue weighted by atomic mass is 9.84. The zero-order valence-electron chi connectivity index (χ0n) is 9.50. The van der Waals surface area contributed by atoms with Crippen LogP contribution in [0.3, 0.4) is 0 Å². The molecule has 0 heterocycles. The van der Waals surface area contributed by atoms with Gasteiger partial charge in [0.25, 0.3) is 5.69 Å². The molecule has 4 heteroatoms. The zero-order chi connectivity index (χ0) is 11.8. The van der Waals surface area contributed by atoms with Crippen molar-refractivity contribution in [3.8, 4) is 0 Å². The molecule has 0 spiro atoms. The van der Waals surface area contributed by atoms with Crippen LogP contribution in [0, 0.1) is 17.0 Å². The van der Waals surface area contributed by atoms with Crippen LogP contribution < -0.4 is 5.73 Å². The minimum absolute atomic E-state index is 0.102. The quantitative estimate of drug-likeness (QED) is 0.438. The van der Waals surface area contributed by atoms with Crippen molar-refractivity contribution in [3.63, 3.8) is 0 Å².